The summed E-state index contributed by atoms with van der Waals surface area (Å²) in [5.41, 5.74) is 17.7. The quantitative estimate of drug-likeness (QED) is 0.150. The Morgan fingerprint density at radius 2 is 0.756 bits per heavy atom. The van der Waals surface area contributed by atoms with Crippen LogP contribution in [0.2, 0.25) is 0 Å². The minimum atomic E-state index is -0.610. The smallest absolute Gasteiger partial charge is 0.0726 e. The molecule has 0 radical (unpaired) electrons. The van der Waals surface area contributed by atoms with Crippen molar-refractivity contribution in [3.8, 4) is 39.1 Å². The van der Waals surface area contributed by atoms with Crippen LogP contribution in [0.25, 0.3) is 82.4 Å². The Kier molecular flexibility index (Phi) is 8.97. The van der Waals surface area contributed by atoms with E-state index in [1.165, 1.54) is 44.2 Å². The molecule has 0 aliphatic heterocycles. The second-order valence-electron chi connectivity index (χ2n) is 20.5. The van der Waals surface area contributed by atoms with Crippen LogP contribution >= 0.6 is 0 Å². The minimum Gasteiger partial charge on any atom is -0.310 e. The van der Waals surface area contributed by atoms with Crippen molar-refractivity contribution >= 4 is 77.5 Å². The van der Waals surface area contributed by atoms with E-state index in [0.29, 0.717) is 5.56 Å². The average Bonchev–Trinajstić information content (AvgIpc) is 2.90. The van der Waals surface area contributed by atoms with E-state index in [1.807, 2.05) is 53.4 Å². The van der Waals surface area contributed by atoms with Crippen LogP contribution in [0.3, 0.4) is 0 Å². The highest BCUT2D eigenvalue weighted by molar-refractivity contribution is 6.11. The average molecular weight is 996 g/mol. The summed E-state index contributed by atoms with van der Waals surface area (Å²) in [4.78, 5) is 4.23. The number of rotatable bonds is 8. The van der Waals surface area contributed by atoms with Crippen LogP contribution < -0.4 is 9.80 Å². The van der Waals surface area contributed by atoms with Gasteiger partial charge < -0.3 is 14.4 Å². The van der Waals surface area contributed by atoms with Crippen LogP contribution in [0.5, 0.6) is 0 Å². The maximum Gasteiger partial charge on any atom is 0.0726 e. The van der Waals surface area contributed by atoms with Gasteiger partial charge in [-0.25, -0.2) is 0 Å². The van der Waals surface area contributed by atoms with Gasteiger partial charge in [0.25, 0.3) is 0 Å². The number of aromatic nitrogens is 1. The second-order valence-corrected chi connectivity index (χ2v) is 20.5. The molecule has 78 heavy (non-hydrogen) atoms. The van der Waals surface area contributed by atoms with Crippen molar-refractivity contribution in [2.75, 3.05) is 9.80 Å². The fourth-order valence-corrected chi connectivity index (χ4v) is 13.0. The van der Waals surface area contributed by atoms with E-state index in [2.05, 4.69) is 234 Å². The first-order valence-electron chi connectivity index (χ1n) is 28.7. The molecule has 0 amide bonds. The lowest BCUT2D eigenvalue weighted by Crippen LogP contribution is -2.26. The Labute approximate surface area is 459 Å². The Hall–Kier alpha value is -10.2. The van der Waals surface area contributed by atoms with Crippen molar-refractivity contribution < 1.29 is 5.48 Å². The molecule has 1 aromatic heterocycles. The molecule has 0 fully saturated rings. The monoisotopic (exact) mass is 995 g/mol. The van der Waals surface area contributed by atoms with E-state index < -0.39 is 5.41 Å². The molecule has 364 valence electrons. The SMILES string of the molecule is [2H]c1c([2H])c(N(c2ccccc2)c2ccc3c(c2)C2(c4ccccc4-c4ccccc42)c2ccccc2-3)c([2H])c([2H])c1-c1ccc2cc(N(c3ccc4ccccc4c3)c3ccc4c5ccccc5n(-c5ccccc5)c4c3)ccc2c1. The van der Waals surface area contributed by atoms with Crippen LogP contribution in [-0.4, -0.2) is 4.57 Å². The van der Waals surface area contributed by atoms with Crippen molar-refractivity contribution in [2.45, 2.75) is 5.41 Å². The second kappa shape index (κ2) is 17.4. The summed E-state index contributed by atoms with van der Waals surface area (Å²) >= 11 is 0. The molecule has 0 saturated heterocycles. The highest BCUT2D eigenvalue weighted by Gasteiger charge is 2.51. The molecule has 0 unspecified atom stereocenters. The summed E-state index contributed by atoms with van der Waals surface area (Å²) in [5.74, 6) is 0. The van der Waals surface area contributed by atoms with Gasteiger partial charge in [-0.2, -0.15) is 0 Å². The molecule has 2 aliphatic carbocycles. The molecule has 1 spiro atoms. The van der Waals surface area contributed by atoms with Gasteiger partial charge in [-0.05, 0) is 174 Å². The lowest BCUT2D eigenvalue weighted by Gasteiger charge is -2.32. The molecule has 3 heteroatoms. The van der Waals surface area contributed by atoms with Gasteiger partial charge in [-0.1, -0.05) is 200 Å². The third-order valence-electron chi connectivity index (χ3n) is 16.4. The molecule has 0 N–H and O–H groups in total. The van der Waals surface area contributed by atoms with E-state index in [-0.39, 0.29) is 35.4 Å². The van der Waals surface area contributed by atoms with Crippen molar-refractivity contribution in [1.82, 2.24) is 4.57 Å². The van der Waals surface area contributed by atoms with Gasteiger partial charge in [0, 0.05) is 50.6 Å². The third kappa shape index (κ3) is 6.65. The zero-order valence-corrected chi connectivity index (χ0v) is 42.3. The minimum absolute atomic E-state index is 0.109. The van der Waals surface area contributed by atoms with Crippen LogP contribution in [-0.2, 0) is 5.41 Å². The van der Waals surface area contributed by atoms with E-state index in [1.54, 1.807) is 0 Å². The number of fused-ring (bicyclic) bond motifs is 15. The van der Waals surface area contributed by atoms with Gasteiger partial charge in [-0.15, -0.1) is 0 Å². The highest BCUT2D eigenvalue weighted by Crippen LogP contribution is 2.63. The molecule has 13 aromatic carbocycles. The Morgan fingerprint density at radius 3 is 1.46 bits per heavy atom. The molecular weight excluding hydrogens is 943 g/mol. The molecule has 1 heterocycles. The number of anilines is 6. The fraction of sp³-hybridized carbons (Fsp3) is 0.0133. The molecule has 0 saturated carbocycles. The van der Waals surface area contributed by atoms with Gasteiger partial charge in [0.1, 0.15) is 0 Å². The highest BCUT2D eigenvalue weighted by atomic mass is 15.1. The lowest BCUT2D eigenvalue weighted by molar-refractivity contribution is 0.793. The van der Waals surface area contributed by atoms with E-state index >= 15 is 0 Å². The topological polar surface area (TPSA) is 11.4 Å². The number of hydrogen-bond acceptors (Lipinski definition) is 2. The normalized spacial score (nSPS) is 13.4. The maximum absolute atomic E-state index is 9.92. The largest absolute Gasteiger partial charge is 0.310 e. The molecule has 0 atom stereocenters. The number of hydrogen-bond donors (Lipinski definition) is 0. The van der Waals surface area contributed by atoms with E-state index in [9.17, 15) is 5.48 Å². The van der Waals surface area contributed by atoms with Crippen molar-refractivity contribution in [3.63, 3.8) is 0 Å². The molecule has 2 aliphatic rings. The number of nitrogens with zero attached hydrogens (tertiary/aromatic N) is 3. The third-order valence-corrected chi connectivity index (χ3v) is 16.4. The summed E-state index contributed by atoms with van der Waals surface area (Å²) in [6, 6.07) is 95.3. The van der Waals surface area contributed by atoms with Crippen LogP contribution in [0.15, 0.2) is 297 Å². The summed E-state index contributed by atoms with van der Waals surface area (Å²) in [6.07, 6.45) is 0. The van der Waals surface area contributed by atoms with Gasteiger partial charge >= 0.3 is 0 Å². The zero-order chi connectivity index (χ0) is 54.8. The molecule has 16 rings (SSSR count). The van der Waals surface area contributed by atoms with Crippen LogP contribution in [0.4, 0.5) is 34.1 Å². The summed E-state index contributed by atoms with van der Waals surface area (Å²) in [7, 11) is 0. The zero-order valence-electron chi connectivity index (χ0n) is 46.3. The maximum atomic E-state index is 9.92. The summed E-state index contributed by atoms with van der Waals surface area (Å²) < 4.78 is 41.8. The number of benzene rings is 13. The molecular formula is C75H49N3. The molecule has 14 aromatic rings. The van der Waals surface area contributed by atoms with Gasteiger partial charge in [-0.3, -0.25) is 0 Å². The van der Waals surface area contributed by atoms with Gasteiger partial charge in [0.05, 0.1) is 21.9 Å². The number of para-hydroxylation sites is 3. The van der Waals surface area contributed by atoms with E-state index in [4.69, 9.17) is 0 Å². The Balaban J connectivity index is 0.819. The molecule has 3 nitrogen and oxygen atoms in total. The first kappa shape index (κ1) is 40.1. The first-order valence-corrected chi connectivity index (χ1v) is 26.7. The Bertz CT molecular complexity index is 4860. The summed E-state index contributed by atoms with van der Waals surface area (Å²) in [5, 5.41) is 6.55. The molecule has 0 bridgehead atoms. The fourth-order valence-electron chi connectivity index (χ4n) is 13.0. The standard InChI is InChI=1S/C75H49N3/c1-3-19-56(20-4-1)76(61-41-43-66-65-25-11-15-29-71(65)75(72(66)48-61)69-27-13-9-23-63(69)64-24-10-14-28-70(64)75)58-37-33-51(34-38-58)53-31-32-55-47-60(40-36-54(55)45-53)77(59-39-35-50-17-7-8-18-52(50)46-59)62-42-44-68-67-26-12-16-30-73(67)78(74(68)49-62)57-21-5-2-6-22-57/h1-49H/i33D,34D,37D,38D. The van der Waals surface area contributed by atoms with Gasteiger partial charge in [0.2, 0.25) is 0 Å². The van der Waals surface area contributed by atoms with Crippen molar-refractivity contribution in [3.05, 3.63) is 319 Å². The van der Waals surface area contributed by atoms with Gasteiger partial charge in [0.15, 0.2) is 0 Å². The summed E-state index contributed by atoms with van der Waals surface area (Å²) in [6.45, 7) is 0. The van der Waals surface area contributed by atoms with Crippen LogP contribution in [0, 0.1) is 0 Å². The van der Waals surface area contributed by atoms with E-state index in [0.717, 1.165) is 77.8 Å². The predicted molar refractivity (Wildman–Crippen MR) is 327 cm³/mol. The first-order chi connectivity index (χ1) is 40.3. The predicted octanol–water partition coefficient (Wildman–Crippen LogP) is 20.0. The van der Waals surface area contributed by atoms with Crippen molar-refractivity contribution in [1.29, 1.82) is 0 Å². The Morgan fingerprint density at radius 1 is 0.282 bits per heavy atom. The van der Waals surface area contributed by atoms with Crippen LogP contribution in [0.1, 0.15) is 27.7 Å². The van der Waals surface area contributed by atoms with Crippen molar-refractivity contribution in [2.24, 2.45) is 0 Å². The lowest BCUT2D eigenvalue weighted by atomic mass is 9.70.